The number of carbonyl (C=O) groups is 1. The molecule has 0 saturated carbocycles. The fraction of sp³-hybridized carbons (Fsp3) is 0.269. The molecule has 0 aliphatic heterocycles. The monoisotopic (exact) mass is 577 g/mol. The molecule has 0 radical (unpaired) electrons. The van der Waals surface area contributed by atoms with Crippen LogP contribution in [0, 0.1) is 0 Å². The van der Waals surface area contributed by atoms with Gasteiger partial charge in [0, 0.05) is 6.04 Å². The first kappa shape index (κ1) is 29.7. The second-order valence-electron chi connectivity index (χ2n) is 8.55. The van der Waals surface area contributed by atoms with Crippen LogP contribution >= 0.6 is 0 Å². The van der Waals surface area contributed by atoms with E-state index in [1.807, 2.05) is 0 Å². The van der Waals surface area contributed by atoms with Crippen molar-refractivity contribution in [1.82, 2.24) is 4.72 Å². The SMILES string of the molecule is COc1ccc(S(=O)(=O)N(CC(=O)Nc2cc(S(=O)(=O)NC(C)C)ccc2OC)c2ccccc2OC)cc1. The van der Waals surface area contributed by atoms with Gasteiger partial charge in [-0.2, -0.15) is 0 Å². The van der Waals surface area contributed by atoms with Crippen molar-refractivity contribution < 1.29 is 35.8 Å². The van der Waals surface area contributed by atoms with E-state index in [1.54, 1.807) is 32.0 Å². The summed E-state index contributed by atoms with van der Waals surface area (Å²) in [5, 5.41) is 2.58. The average Bonchev–Trinajstić information content (AvgIpc) is 2.91. The Bertz CT molecular complexity index is 1520. The highest BCUT2D eigenvalue weighted by atomic mass is 32.2. The number of nitrogens with one attached hydrogen (secondary N) is 2. The molecule has 3 aromatic carbocycles. The first-order chi connectivity index (χ1) is 18.4. The number of carbonyl (C=O) groups excluding carboxylic acids is 1. The summed E-state index contributed by atoms with van der Waals surface area (Å²) in [4.78, 5) is 13.1. The lowest BCUT2D eigenvalue weighted by Gasteiger charge is -2.26. The molecule has 0 fully saturated rings. The van der Waals surface area contributed by atoms with Gasteiger partial charge in [-0.1, -0.05) is 12.1 Å². The van der Waals surface area contributed by atoms with Crippen LogP contribution in [0.4, 0.5) is 11.4 Å². The zero-order valence-electron chi connectivity index (χ0n) is 22.2. The van der Waals surface area contributed by atoms with Crippen LogP contribution in [0.3, 0.4) is 0 Å². The van der Waals surface area contributed by atoms with Gasteiger partial charge in [-0.25, -0.2) is 21.6 Å². The minimum absolute atomic E-state index is 0.0518. The van der Waals surface area contributed by atoms with Crippen LogP contribution in [0.15, 0.2) is 76.5 Å². The molecule has 3 rings (SSSR count). The standard InChI is InChI=1S/C26H31N3O8S2/c1-18(2)28-38(31,32)21-14-15-24(36-4)22(16-21)27-26(30)17-29(23-8-6-7-9-25(23)37-5)39(33,34)20-12-10-19(35-3)11-13-20/h6-16,18,28H,17H2,1-5H3,(H,27,30). The third-order valence-corrected chi connectivity index (χ3v) is 8.86. The van der Waals surface area contributed by atoms with Crippen molar-refractivity contribution in [3.05, 3.63) is 66.7 Å². The van der Waals surface area contributed by atoms with E-state index in [2.05, 4.69) is 10.0 Å². The summed E-state index contributed by atoms with van der Waals surface area (Å²) in [6.45, 7) is 2.71. The summed E-state index contributed by atoms with van der Waals surface area (Å²) in [5.74, 6) is 0.133. The van der Waals surface area contributed by atoms with Crippen molar-refractivity contribution in [1.29, 1.82) is 0 Å². The highest BCUT2D eigenvalue weighted by Gasteiger charge is 2.30. The molecule has 11 nitrogen and oxygen atoms in total. The van der Waals surface area contributed by atoms with E-state index in [-0.39, 0.29) is 38.7 Å². The molecule has 39 heavy (non-hydrogen) atoms. The van der Waals surface area contributed by atoms with Gasteiger partial charge in [0.25, 0.3) is 10.0 Å². The molecule has 13 heteroatoms. The number of benzene rings is 3. The van der Waals surface area contributed by atoms with Crippen LogP contribution in [-0.4, -0.2) is 56.7 Å². The van der Waals surface area contributed by atoms with Crippen LogP contribution in [0.5, 0.6) is 17.2 Å². The molecule has 0 spiro atoms. The Morgan fingerprint density at radius 2 is 1.44 bits per heavy atom. The van der Waals surface area contributed by atoms with E-state index in [0.717, 1.165) is 4.31 Å². The summed E-state index contributed by atoms with van der Waals surface area (Å²) in [6.07, 6.45) is 0. The van der Waals surface area contributed by atoms with Crippen LogP contribution in [0.1, 0.15) is 13.8 Å². The quantitative estimate of drug-likeness (QED) is 0.334. The molecule has 0 bridgehead atoms. The van der Waals surface area contributed by atoms with Crippen molar-refractivity contribution in [2.24, 2.45) is 0 Å². The zero-order chi connectivity index (χ0) is 28.8. The van der Waals surface area contributed by atoms with Crippen molar-refractivity contribution in [2.45, 2.75) is 29.7 Å². The normalized spacial score (nSPS) is 11.6. The van der Waals surface area contributed by atoms with Crippen molar-refractivity contribution in [2.75, 3.05) is 37.5 Å². The molecule has 0 aliphatic rings. The van der Waals surface area contributed by atoms with Gasteiger partial charge in [-0.05, 0) is 68.4 Å². The number of amides is 1. The molecule has 0 saturated heterocycles. The molecule has 0 atom stereocenters. The van der Waals surface area contributed by atoms with Crippen molar-refractivity contribution >= 4 is 37.3 Å². The van der Waals surface area contributed by atoms with Gasteiger partial charge in [-0.15, -0.1) is 0 Å². The Kier molecular flexibility index (Phi) is 9.43. The molecule has 2 N–H and O–H groups in total. The highest BCUT2D eigenvalue weighted by Crippen LogP contribution is 2.33. The topological polar surface area (TPSA) is 140 Å². The predicted octanol–water partition coefficient (Wildman–Crippen LogP) is 3.23. The number of ether oxygens (including phenoxy) is 3. The fourth-order valence-corrected chi connectivity index (χ4v) is 6.37. The zero-order valence-corrected chi connectivity index (χ0v) is 23.8. The number of hydrogen-bond acceptors (Lipinski definition) is 8. The summed E-state index contributed by atoms with van der Waals surface area (Å²) in [5.41, 5.74) is 0.186. The maximum atomic E-state index is 13.7. The lowest BCUT2D eigenvalue weighted by Crippen LogP contribution is -2.38. The van der Waals surface area contributed by atoms with Crippen molar-refractivity contribution in [3.63, 3.8) is 0 Å². The first-order valence-corrected chi connectivity index (χ1v) is 14.6. The van der Waals surface area contributed by atoms with E-state index in [9.17, 15) is 21.6 Å². The summed E-state index contributed by atoms with van der Waals surface area (Å²) in [7, 11) is -3.92. The van der Waals surface area contributed by atoms with Gasteiger partial charge in [0.05, 0.1) is 42.5 Å². The lowest BCUT2D eigenvalue weighted by atomic mass is 10.2. The minimum Gasteiger partial charge on any atom is -0.497 e. The van der Waals surface area contributed by atoms with Crippen LogP contribution in [0.25, 0.3) is 0 Å². The Morgan fingerprint density at radius 1 is 0.821 bits per heavy atom. The highest BCUT2D eigenvalue weighted by molar-refractivity contribution is 7.93. The Labute approximate surface area is 228 Å². The maximum Gasteiger partial charge on any atom is 0.264 e. The van der Waals surface area contributed by atoms with E-state index in [1.165, 1.54) is 69.9 Å². The van der Waals surface area contributed by atoms with Crippen LogP contribution in [-0.2, 0) is 24.8 Å². The number of para-hydroxylation sites is 2. The number of nitrogens with zero attached hydrogens (tertiary/aromatic N) is 1. The molecule has 0 unspecified atom stereocenters. The number of rotatable bonds is 12. The first-order valence-electron chi connectivity index (χ1n) is 11.7. The van der Waals surface area contributed by atoms with Gasteiger partial charge < -0.3 is 19.5 Å². The molecule has 3 aromatic rings. The second kappa shape index (κ2) is 12.4. The summed E-state index contributed by atoms with van der Waals surface area (Å²) < 4.78 is 72.0. The van der Waals surface area contributed by atoms with Gasteiger partial charge in [0.2, 0.25) is 15.9 Å². The maximum absolute atomic E-state index is 13.7. The van der Waals surface area contributed by atoms with Gasteiger partial charge >= 0.3 is 0 Å². The van der Waals surface area contributed by atoms with Crippen LogP contribution < -0.4 is 28.6 Å². The number of methoxy groups -OCH3 is 3. The Morgan fingerprint density at radius 3 is 2.03 bits per heavy atom. The third kappa shape index (κ3) is 6.99. The molecule has 210 valence electrons. The van der Waals surface area contributed by atoms with E-state index < -0.39 is 32.5 Å². The molecular weight excluding hydrogens is 546 g/mol. The van der Waals surface area contributed by atoms with Gasteiger partial charge in [-0.3, -0.25) is 9.10 Å². The van der Waals surface area contributed by atoms with E-state index in [4.69, 9.17) is 14.2 Å². The summed E-state index contributed by atoms with van der Waals surface area (Å²) >= 11 is 0. The van der Waals surface area contributed by atoms with Crippen molar-refractivity contribution in [3.8, 4) is 17.2 Å². The Hall–Kier alpha value is -3.81. The fourth-order valence-electron chi connectivity index (χ4n) is 3.66. The smallest absolute Gasteiger partial charge is 0.264 e. The second-order valence-corrected chi connectivity index (χ2v) is 12.1. The van der Waals surface area contributed by atoms with Gasteiger partial charge in [0.15, 0.2) is 0 Å². The predicted molar refractivity (Wildman–Crippen MR) is 148 cm³/mol. The molecule has 1 amide bonds. The third-order valence-electron chi connectivity index (χ3n) is 5.43. The van der Waals surface area contributed by atoms with Gasteiger partial charge in [0.1, 0.15) is 23.8 Å². The molecule has 0 aliphatic carbocycles. The number of anilines is 2. The van der Waals surface area contributed by atoms with Crippen LogP contribution in [0.2, 0.25) is 0 Å². The Balaban J connectivity index is 2.01. The molecular formula is C26H31N3O8S2. The molecule has 0 aromatic heterocycles. The molecule has 0 heterocycles. The van der Waals surface area contributed by atoms with E-state index >= 15 is 0 Å². The average molecular weight is 578 g/mol. The minimum atomic E-state index is -4.26. The number of sulfonamides is 2. The largest absolute Gasteiger partial charge is 0.497 e. The lowest BCUT2D eigenvalue weighted by molar-refractivity contribution is -0.114. The number of hydrogen-bond donors (Lipinski definition) is 2. The summed E-state index contributed by atoms with van der Waals surface area (Å²) in [6, 6.07) is 15.7. The van der Waals surface area contributed by atoms with E-state index in [0.29, 0.717) is 5.75 Å².